The van der Waals surface area contributed by atoms with E-state index in [4.69, 9.17) is 57.5 Å². The van der Waals surface area contributed by atoms with Crippen LogP contribution >= 0.6 is 0 Å². The van der Waals surface area contributed by atoms with E-state index >= 15 is 0 Å². The fourth-order valence-corrected chi connectivity index (χ4v) is 11.6. The molecular formula is C62H78N14O12. The van der Waals surface area contributed by atoms with Crippen molar-refractivity contribution in [2.45, 2.75) is 140 Å². The zero-order chi connectivity index (χ0) is 62.1. The summed E-state index contributed by atoms with van der Waals surface area (Å²) in [6.45, 7) is 13.2. The van der Waals surface area contributed by atoms with E-state index in [0.717, 1.165) is 67.6 Å². The number of anilines is 2. The van der Waals surface area contributed by atoms with Gasteiger partial charge in [-0.2, -0.15) is 9.97 Å². The number of terminal acetylenes is 2. The van der Waals surface area contributed by atoms with Crippen LogP contribution in [-0.2, 0) is 46.2 Å². The fraction of sp³-hybridized carbons (Fsp3) is 0.500. The van der Waals surface area contributed by atoms with Gasteiger partial charge in [0, 0.05) is 81.9 Å². The highest BCUT2D eigenvalue weighted by atomic mass is 16.7. The van der Waals surface area contributed by atoms with Crippen LogP contribution in [0.3, 0.4) is 0 Å². The smallest absolute Gasteiger partial charge is 0.445 e. The van der Waals surface area contributed by atoms with Gasteiger partial charge in [0.25, 0.3) is 11.1 Å². The van der Waals surface area contributed by atoms with Crippen LogP contribution in [0.1, 0.15) is 113 Å². The zero-order valence-corrected chi connectivity index (χ0v) is 49.8. The number of hydrogen-bond donors (Lipinski definition) is 5. The van der Waals surface area contributed by atoms with E-state index in [1.807, 2.05) is 62.4 Å². The molecule has 10 rings (SSSR count). The first kappa shape index (κ1) is 63.7. The summed E-state index contributed by atoms with van der Waals surface area (Å²) in [7, 11) is 0. The van der Waals surface area contributed by atoms with Gasteiger partial charge in [0.15, 0.2) is 22.3 Å². The summed E-state index contributed by atoms with van der Waals surface area (Å²) in [4.78, 5) is 90.5. The summed E-state index contributed by atoms with van der Waals surface area (Å²) >= 11 is 0. The molecule has 2 aromatic carbocycles. The number of nitrogens with one attached hydrogen (secondary N) is 3. The molecule has 0 aliphatic carbocycles. The molecule has 26 heteroatoms. The number of benzene rings is 2. The highest BCUT2D eigenvalue weighted by Gasteiger charge is 2.41. The topological polar surface area (TPSA) is 317 Å². The average molecular weight is 1210 g/mol. The van der Waals surface area contributed by atoms with Crippen LogP contribution in [0, 0.1) is 24.7 Å². The first-order valence-corrected chi connectivity index (χ1v) is 30.0. The number of ether oxygens (including phenoxy) is 7. The quantitative estimate of drug-likeness (QED) is 0.0221. The predicted molar refractivity (Wildman–Crippen MR) is 326 cm³/mol. The SMILES string of the molecule is C#Cc1ccc(CN(CCOC(=O)OC2C[C@H](n3cnc4c(=O)[nH]c(N)nc43)O[C@@H]2CC)CC2CCCCN2)cc1.C#Cc1ccc(CN(CCOC(=O)OC2C[C@H](n3cnc4c(=O)[nH]c(N)nc43)O[C@@H]2CC)CC2CCCCN2C(=O)OCC=C)cc1. The van der Waals surface area contributed by atoms with Crippen LogP contribution in [0.4, 0.5) is 26.3 Å². The molecule has 0 bridgehead atoms. The lowest BCUT2D eigenvalue weighted by atomic mass is 10.0. The van der Waals surface area contributed by atoms with Gasteiger partial charge < -0.3 is 54.8 Å². The second kappa shape index (κ2) is 30.7. The molecule has 8 atom stereocenters. The van der Waals surface area contributed by atoms with Crippen molar-refractivity contribution >= 4 is 52.6 Å². The highest BCUT2D eigenvalue weighted by molar-refractivity contribution is 5.71. The molecule has 7 N–H and O–H groups in total. The van der Waals surface area contributed by atoms with Crippen molar-refractivity contribution in [1.29, 1.82) is 0 Å². The molecule has 6 aromatic rings. The van der Waals surface area contributed by atoms with E-state index in [2.05, 4.69) is 63.4 Å². The van der Waals surface area contributed by atoms with Crippen molar-refractivity contribution in [3.63, 3.8) is 0 Å². The molecule has 4 aliphatic rings. The number of imidazole rings is 2. The van der Waals surface area contributed by atoms with Crippen LogP contribution in [-0.4, -0.2) is 168 Å². The van der Waals surface area contributed by atoms with Gasteiger partial charge >= 0.3 is 18.4 Å². The van der Waals surface area contributed by atoms with Gasteiger partial charge in [-0.1, -0.05) is 69.0 Å². The molecule has 4 saturated heterocycles. The molecule has 4 unspecified atom stereocenters. The first-order valence-electron chi connectivity index (χ1n) is 30.0. The molecule has 4 aliphatic heterocycles. The molecule has 0 radical (unpaired) electrons. The Morgan fingerprint density at radius 1 is 0.716 bits per heavy atom. The number of fused-ring (bicyclic) bond motifs is 2. The Hall–Kier alpha value is -8.79. The monoisotopic (exact) mass is 1210 g/mol. The lowest BCUT2D eigenvalue weighted by Crippen LogP contribution is -2.50. The molecule has 1 amide bonds. The van der Waals surface area contributed by atoms with Gasteiger partial charge in [0.05, 0.1) is 24.9 Å². The number of nitrogens with zero attached hydrogens (tertiary/aromatic N) is 9. The lowest BCUT2D eigenvalue weighted by molar-refractivity contribution is -0.0366. The molecule has 26 nitrogen and oxygen atoms in total. The third-order valence-corrected chi connectivity index (χ3v) is 16.0. The second-order valence-electron chi connectivity index (χ2n) is 22.1. The van der Waals surface area contributed by atoms with Crippen LogP contribution < -0.4 is 27.9 Å². The third-order valence-electron chi connectivity index (χ3n) is 16.0. The molecular weight excluding hydrogens is 1130 g/mol. The van der Waals surface area contributed by atoms with Crippen LogP contribution in [0.2, 0.25) is 0 Å². The number of nitrogens with two attached hydrogens (primary N) is 2. The number of piperidine rings is 2. The Labute approximate surface area is 509 Å². The van der Waals surface area contributed by atoms with Crippen molar-refractivity contribution < 1.29 is 47.5 Å². The molecule has 0 saturated carbocycles. The van der Waals surface area contributed by atoms with E-state index in [1.54, 1.807) is 20.1 Å². The van der Waals surface area contributed by atoms with Gasteiger partial charge in [-0.3, -0.25) is 38.5 Å². The molecule has 0 spiro atoms. The van der Waals surface area contributed by atoms with E-state index in [0.29, 0.717) is 70.1 Å². The van der Waals surface area contributed by atoms with Crippen LogP contribution in [0.15, 0.2) is 83.4 Å². The molecule has 468 valence electrons. The maximum absolute atomic E-state index is 12.9. The lowest BCUT2D eigenvalue weighted by Gasteiger charge is -2.38. The Kier molecular flexibility index (Phi) is 22.2. The average Bonchev–Trinajstić information content (AvgIpc) is 4.43. The minimum absolute atomic E-state index is 0.0106. The number of aromatic amines is 2. The standard InChI is InChI=1S/C33H41N7O7.C29H37N7O5/c1-4-16-44-32(42)39-14-8-7-9-24(39)20-38(19-23-12-10-22(5-2)11-13-23)15-17-45-33(43)47-26-18-27(46-25(26)6-3)40-21-35-28-29(40)36-31(34)37-30(28)41;1-3-19-8-10-20(11-9-19)16-35(17-21-7-5-6-12-31-21)13-14-39-29(38)41-23-15-24(40-22(23)4-2)36-18-32-25-26(36)33-28(30)34-27(25)37/h2,4,10-13,21,24-27H,1,6-9,14-20H2,3H3,(H3,34,36,37,41);1,8-11,18,21-24,31H,4-7,12-17H2,2H3,(H3,30,33,34,37)/t24?,25-,26?,27-;21?,22-,23?,24-/m11/s1. The van der Waals surface area contributed by atoms with Gasteiger partial charge in [0.2, 0.25) is 11.9 Å². The summed E-state index contributed by atoms with van der Waals surface area (Å²) in [6.07, 6.45) is 18.9. The van der Waals surface area contributed by atoms with Crippen molar-refractivity contribution in [3.8, 4) is 24.7 Å². The van der Waals surface area contributed by atoms with Gasteiger partial charge in [-0.05, 0) is 86.9 Å². The molecule has 8 heterocycles. The van der Waals surface area contributed by atoms with Crippen molar-refractivity contribution in [1.82, 2.24) is 59.1 Å². The molecule has 4 fully saturated rings. The molecule has 4 aromatic heterocycles. The summed E-state index contributed by atoms with van der Waals surface area (Å²) in [5.41, 5.74) is 15.3. The number of aromatic nitrogens is 8. The summed E-state index contributed by atoms with van der Waals surface area (Å²) in [5, 5.41) is 3.59. The zero-order valence-electron chi connectivity index (χ0n) is 49.8. The Morgan fingerprint density at radius 3 is 1.68 bits per heavy atom. The Balaban J connectivity index is 0.000000211. The second-order valence-corrected chi connectivity index (χ2v) is 22.1. The number of H-pyrrole nitrogens is 2. The van der Waals surface area contributed by atoms with E-state index in [-0.39, 0.29) is 66.6 Å². The van der Waals surface area contributed by atoms with E-state index in [1.165, 1.54) is 25.5 Å². The fourth-order valence-electron chi connectivity index (χ4n) is 11.6. The number of likely N-dealkylation sites (tertiary alicyclic amines) is 1. The van der Waals surface area contributed by atoms with E-state index in [9.17, 15) is 24.0 Å². The Morgan fingerprint density at radius 2 is 1.22 bits per heavy atom. The highest BCUT2D eigenvalue weighted by Crippen LogP contribution is 2.36. The van der Waals surface area contributed by atoms with Gasteiger partial charge in [0.1, 0.15) is 44.5 Å². The van der Waals surface area contributed by atoms with Gasteiger partial charge in [-0.15, -0.1) is 12.8 Å². The van der Waals surface area contributed by atoms with Crippen molar-refractivity contribution in [2.24, 2.45) is 0 Å². The normalized spacial score (nSPS) is 21.7. The van der Waals surface area contributed by atoms with Gasteiger partial charge in [-0.25, -0.2) is 24.4 Å². The van der Waals surface area contributed by atoms with Crippen molar-refractivity contribution in [2.75, 3.05) is 70.6 Å². The largest absolute Gasteiger partial charge is 0.508 e. The van der Waals surface area contributed by atoms with Crippen LogP contribution in [0.25, 0.3) is 22.3 Å². The maximum Gasteiger partial charge on any atom is 0.508 e. The summed E-state index contributed by atoms with van der Waals surface area (Å²) < 4.78 is 43.4. The summed E-state index contributed by atoms with van der Waals surface area (Å²) in [5.74, 6) is 5.23. The number of rotatable bonds is 22. The number of hydrogen-bond acceptors (Lipinski definition) is 21. The summed E-state index contributed by atoms with van der Waals surface area (Å²) in [6, 6.07) is 16.0. The first-order chi connectivity index (χ1) is 42.7. The minimum atomic E-state index is -0.808. The number of amides is 1. The molecule has 88 heavy (non-hydrogen) atoms. The predicted octanol–water partition coefficient (Wildman–Crippen LogP) is 6.13. The number of carbonyl (C=O) groups is 3. The van der Waals surface area contributed by atoms with Crippen LogP contribution in [0.5, 0.6) is 0 Å². The maximum atomic E-state index is 12.9. The Bertz CT molecular complexity index is 3530. The van der Waals surface area contributed by atoms with E-state index < -0.39 is 54.2 Å². The van der Waals surface area contributed by atoms with Crippen molar-refractivity contribution in [3.05, 3.63) is 117 Å². The number of nitrogen functional groups attached to an aromatic ring is 2. The number of carbonyl (C=O) groups excluding carboxylic acids is 3. The minimum Gasteiger partial charge on any atom is -0.445 e. The third kappa shape index (κ3) is 16.6.